The molecule has 1 atom stereocenters. The molecule has 3 rings (SSSR count). The van der Waals surface area contributed by atoms with Crippen molar-refractivity contribution >= 4 is 11.8 Å². The van der Waals surface area contributed by atoms with Crippen LogP contribution in [0.4, 0.5) is 0 Å². The zero-order valence-corrected chi connectivity index (χ0v) is 14.1. The van der Waals surface area contributed by atoms with E-state index in [-0.39, 0.29) is 29.3 Å². The number of allylic oxidation sites excluding steroid dienone is 2. The predicted octanol–water partition coefficient (Wildman–Crippen LogP) is 2.51. The van der Waals surface area contributed by atoms with Crippen molar-refractivity contribution in [3.63, 3.8) is 0 Å². The molecule has 2 heterocycles. The van der Waals surface area contributed by atoms with Crippen LogP contribution in [0.2, 0.25) is 0 Å². The molecule has 1 aromatic rings. The Balaban J connectivity index is 2.14. The quantitative estimate of drug-likeness (QED) is 0.830. The molecule has 0 saturated carbocycles. The van der Waals surface area contributed by atoms with Crippen molar-refractivity contribution in [1.82, 2.24) is 4.98 Å². The molecule has 1 aliphatic carbocycles. The van der Waals surface area contributed by atoms with Gasteiger partial charge in [0.25, 0.3) is 0 Å². The first kappa shape index (κ1) is 16.4. The van der Waals surface area contributed by atoms with Crippen molar-refractivity contribution in [3.8, 4) is 0 Å². The fraction of sp³-hybridized carbons (Fsp3) is 0.444. The Morgan fingerprint density at radius 1 is 1.46 bits per heavy atom. The number of aromatic nitrogens is 1. The van der Waals surface area contributed by atoms with Crippen molar-refractivity contribution < 1.29 is 19.1 Å². The summed E-state index contributed by atoms with van der Waals surface area (Å²) in [5.74, 6) is -0.584. The van der Waals surface area contributed by atoms with Gasteiger partial charge in [-0.1, -0.05) is 13.8 Å². The highest BCUT2D eigenvalue weighted by molar-refractivity contribution is 6.03. The summed E-state index contributed by atoms with van der Waals surface area (Å²) in [4.78, 5) is 28.3. The number of carbonyl (C=O) groups is 2. The number of hydrogen-bond acceptors (Lipinski definition) is 5. The van der Waals surface area contributed by atoms with Gasteiger partial charge in [0.15, 0.2) is 5.78 Å². The number of esters is 1. The molecule has 0 radical (unpaired) electrons. The van der Waals surface area contributed by atoms with Crippen LogP contribution in [0.1, 0.15) is 45.2 Å². The molecule has 0 saturated heterocycles. The van der Waals surface area contributed by atoms with E-state index in [0.29, 0.717) is 24.2 Å². The molecule has 2 aliphatic rings. The van der Waals surface area contributed by atoms with E-state index in [0.717, 1.165) is 5.69 Å². The van der Waals surface area contributed by atoms with Gasteiger partial charge >= 0.3 is 5.97 Å². The molecule has 128 valence electrons. The van der Waals surface area contributed by atoms with Gasteiger partial charge in [-0.15, -0.1) is 0 Å². The summed E-state index contributed by atoms with van der Waals surface area (Å²) in [6, 6.07) is 3.65. The number of hydrogen-bond donors (Lipinski definition) is 2. The number of ketones is 1. The Hall–Kier alpha value is -2.50. The Morgan fingerprint density at radius 2 is 2.21 bits per heavy atom. The van der Waals surface area contributed by atoms with E-state index < -0.39 is 11.9 Å². The lowest BCUT2D eigenvalue weighted by Gasteiger charge is -2.37. The van der Waals surface area contributed by atoms with Gasteiger partial charge in [0.05, 0.1) is 12.5 Å². The molecule has 0 fully saturated rings. The van der Waals surface area contributed by atoms with Gasteiger partial charge in [0.1, 0.15) is 11.3 Å². The smallest absolute Gasteiger partial charge is 0.340 e. The van der Waals surface area contributed by atoms with Crippen LogP contribution in [0, 0.1) is 5.41 Å². The second-order valence-electron chi connectivity index (χ2n) is 6.94. The molecule has 0 aromatic carbocycles. The maximum Gasteiger partial charge on any atom is 0.340 e. The Morgan fingerprint density at radius 3 is 2.83 bits per heavy atom. The number of aromatic amines is 1. The summed E-state index contributed by atoms with van der Waals surface area (Å²) in [6.07, 6.45) is 2.76. The van der Waals surface area contributed by atoms with Gasteiger partial charge in [-0.25, -0.2) is 4.79 Å². The number of rotatable bonds is 3. The second kappa shape index (κ2) is 5.85. The first-order chi connectivity index (χ1) is 11.3. The highest BCUT2D eigenvalue weighted by Crippen LogP contribution is 2.47. The fourth-order valence-corrected chi connectivity index (χ4v) is 3.43. The number of Topliss-reactive ketones (excluding diaryl/α,β-unsaturated/α-hetero) is 1. The van der Waals surface area contributed by atoms with Gasteiger partial charge in [-0.05, 0) is 24.5 Å². The van der Waals surface area contributed by atoms with Crippen molar-refractivity contribution in [2.45, 2.75) is 39.5 Å². The number of H-pyrrole nitrogens is 1. The maximum atomic E-state index is 12.8. The Bertz CT molecular complexity index is 741. The third-order valence-electron chi connectivity index (χ3n) is 4.38. The van der Waals surface area contributed by atoms with Crippen LogP contribution in [0.25, 0.3) is 0 Å². The summed E-state index contributed by atoms with van der Waals surface area (Å²) >= 11 is 0. The van der Waals surface area contributed by atoms with Crippen molar-refractivity contribution in [3.05, 3.63) is 46.8 Å². The summed E-state index contributed by atoms with van der Waals surface area (Å²) < 4.78 is 10.8. The molecular formula is C18H22N2O4. The highest BCUT2D eigenvalue weighted by Gasteiger charge is 2.45. The minimum atomic E-state index is -0.577. The fourth-order valence-electron chi connectivity index (χ4n) is 3.43. The Kier molecular flexibility index (Phi) is 3.99. The molecule has 24 heavy (non-hydrogen) atoms. The minimum Gasteiger partial charge on any atom is -0.462 e. The van der Waals surface area contributed by atoms with Gasteiger partial charge in [-0.3, -0.25) is 4.79 Å². The van der Waals surface area contributed by atoms with Crippen LogP contribution < -0.4 is 5.73 Å². The zero-order valence-electron chi connectivity index (χ0n) is 14.1. The molecule has 0 spiro atoms. The van der Waals surface area contributed by atoms with Gasteiger partial charge in [-0.2, -0.15) is 0 Å². The number of carbonyl (C=O) groups excluding carboxylic acids is 2. The molecule has 0 amide bonds. The molecule has 6 heteroatoms. The molecule has 1 aromatic heterocycles. The van der Waals surface area contributed by atoms with Crippen LogP contribution in [0.5, 0.6) is 0 Å². The highest BCUT2D eigenvalue weighted by atomic mass is 16.5. The standard InChI is InChI=1S/C18H22N2O4/c1-4-23-17(22)15-13(10-6-5-7-20-10)14-11(21)8-18(2,3)9-12(14)24-16(15)19/h5-7,13,20H,4,8-9,19H2,1-3H3/t13-/m0/s1. The average molecular weight is 330 g/mol. The van der Waals surface area contributed by atoms with Crippen molar-refractivity contribution in [1.29, 1.82) is 0 Å². The normalized spacial score (nSPS) is 23.0. The lowest BCUT2D eigenvalue weighted by atomic mass is 9.71. The minimum absolute atomic E-state index is 0.0114. The van der Waals surface area contributed by atoms with Crippen LogP contribution in [0.15, 0.2) is 41.1 Å². The first-order valence-corrected chi connectivity index (χ1v) is 8.08. The second-order valence-corrected chi connectivity index (χ2v) is 6.94. The maximum absolute atomic E-state index is 12.8. The number of ether oxygens (including phenoxy) is 2. The third-order valence-corrected chi connectivity index (χ3v) is 4.38. The van der Waals surface area contributed by atoms with Crippen molar-refractivity contribution in [2.75, 3.05) is 6.61 Å². The summed E-state index contributed by atoms with van der Waals surface area (Å²) in [7, 11) is 0. The molecule has 1 aliphatic heterocycles. The van der Waals surface area contributed by atoms with Crippen LogP contribution in [-0.4, -0.2) is 23.3 Å². The third kappa shape index (κ3) is 2.72. The van der Waals surface area contributed by atoms with E-state index in [9.17, 15) is 9.59 Å². The van der Waals surface area contributed by atoms with Gasteiger partial charge in [0, 0.05) is 30.3 Å². The van der Waals surface area contributed by atoms with E-state index in [1.807, 2.05) is 26.0 Å². The number of nitrogens with two attached hydrogens (primary N) is 1. The lowest BCUT2D eigenvalue weighted by Crippen LogP contribution is -2.35. The monoisotopic (exact) mass is 330 g/mol. The van der Waals surface area contributed by atoms with Crippen LogP contribution in [-0.2, 0) is 19.1 Å². The summed E-state index contributed by atoms with van der Waals surface area (Å²) in [6.45, 7) is 5.98. The molecule has 6 nitrogen and oxygen atoms in total. The molecule has 0 unspecified atom stereocenters. The van der Waals surface area contributed by atoms with Crippen LogP contribution in [0.3, 0.4) is 0 Å². The first-order valence-electron chi connectivity index (χ1n) is 8.08. The number of nitrogens with one attached hydrogen (secondary N) is 1. The Labute approximate surface area is 140 Å². The average Bonchev–Trinajstić information content (AvgIpc) is 2.98. The summed E-state index contributed by atoms with van der Waals surface area (Å²) in [5, 5.41) is 0. The van der Waals surface area contributed by atoms with E-state index in [1.165, 1.54) is 0 Å². The SMILES string of the molecule is CCOC(=O)C1=C(N)OC2=C(C(=O)CC(C)(C)C2)[C@@H]1c1ccc[nH]1. The van der Waals surface area contributed by atoms with Crippen molar-refractivity contribution in [2.24, 2.45) is 11.1 Å². The molecule has 0 bridgehead atoms. The predicted molar refractivity (Wildman–Crippen MR) is 87.5 cm³/mol. The van der Waals surface area contributed by atoms with E-state index in [4.69, 9.17) is 15.2 Å². The van der Waals surface area contributed by atoms with E-state index in [2.05, 4.69) is 4.98 Å². The van der Waals surface area contributed by atoms with E-state index >= 15 is 0 Å². The largest absolute Gasteiger partial charge is 0.462 e. The summed E-state index contributed by atoms with van der Waals surface area (Å²) in [5.41, 5.74) is 7.27. The van der Waals surface area contributed by atoms with Gasteiger partial charge in [0.2, 0.25) is 5.88 Å². The molecule has 3 N–H and O–H groups in total. The van der Waals surface area contributed by atoms with Gasteiger partial charge < -0.3 is 20.2 Å². The zero-order chi connectivity index (χ0) is 17.5. The molecular weight excluding hydrogens is 308 g/mol. The van der Waals surface area contributed by atoms with E-state index in [1.54, 1.807) is 13.1 Å². The lowest BCUT2D eigenvalue weighted by molar-refractivity contribution is -0.139. The van der Waals surface area contributed by atoms with Crippen LogP contribution >= 0.6 is 0 Å². The topological polar surface area (TPSA) is 94.4 Å².